The van der Waals surface area contributed by atoms with Crippen LogP contribution in [-0.2, 0) is 22.0 Å². The maximum Gasteiger partial charge on any atom is 0.278 e. The molecule has 5 rings (SSSR count). The van der Waals surface area contributed by atoms with Crippen molar-refractivity contribution in [2.75, 3.05) is 83.6 Å². The summed E-state index contributed by atoms with van der Waals surface area (Å²) in [6.07, 6.45) is 6.35. The van der Waals surface area contributed by atoms with Crippen LogP contribution in [0.5, 0.6) is 0 Å². The number of piperazine rings is 1. The summed E-state index contributed by atoms with van der Waals surface area (Å²) in [5.41, 5.74) is 1.76. The highest BCUT2D eigenvalue weighted by Crippen LogP contribution is 2.29. The van der Waals surface area contributed by atoms with E-state index in [1.807, 2.05) is 11.9 Å². The van der Waals surface area contributed by atoms with Crippen molar-refractivity contribution < 1.29 is 9.53 Å². The Hall–Kier alpha value is -2.50. The number of aryl methyl sites for hydroxylation is 1. The van der Waals surface area contributed by atoms with Gasteiger partial charge in [-0.25, -0.2) is 4.98 Å². The van der Waals surface area contributed by atoms with E-state index >= 15 is 0 Å². The van der Waals surface area contributed by atoms with Crippen molar-refractivity contribution in [2.45, 2.75) is 58.3 Å². The van der Waals surface area contributed by atoms with Crippen molar-refractivity contribution in [2.24, 2.45) is 13.0 Å². The van der Waals surface area contributed by atoms with Crippen LogP contribution in [0.3, 0.4) is 0 Å². The first-order valence-corrected chi connectivity index (χ1v) is 15.2. The van der Waals surface area contributed by atoms with Crippen molar-refractivity contribution in [3.63, 3.8) is 0 Å². The first-order chi connectivity index (χ1) is 19.2. The van der Waals surface area contributed by atoms with E-state index in [0.29, 0.717) is 55.7 Å². The second kappa shape index (κ2) is 12.6. The van der Waals surface area contributed by atoms with Gasteiger partial charge in [0.2, 0.25) is 11.9 Å². The second-order valence-electron chi connectivity index (χ2n) is 12.9. The highest BCUT2D eigenvalue weighted by molar-refractivity contribution is 5.79. The minimum atomic E-state index is -0.214. The second-order valence-corrected chi connectivity index (χ2v) is 12.9. The molecule has 11 heteroatoms. The minimum absolute atomic E-state index is 0.127. The third-order valence-electron chi connectivity index (χ3n) is 8.77. The van der Waals surface area contributed by atoms with Gasteiger partial charge in [-0.05, 0) is 18.8 Å². The van der Waals surface area contributed by atoms with Crippen LogP contribution in [0.15, 0.2) is 4.79 Å². The van der Waals surface area contributed by atoms with Crippen LogP contribution in [-0.4, -0.2) is 119 Å². The van der Waals surface area contributed by atoms with Crippen molar-refractivity contribution in [3.05, 3.63) is 16.0 Å². The Balaban J connectivity index is 1.26. The quantitative estimate of drug-likeness (QED) is 0.525. The van der Waals surface area contributed by atoms with Crippen LogP contribution in [0.1, 0.15) is 58.6 Å². The number of hydrogen-bond donors (Lipinski definition) is 1. The summed E-state index contributed by atoms with van der Waals surface area (Å²) in [7, 11) is 1.82. The number of amides is 1. The van der Waals surface area contributed by atoms with Crippen LogP contribution < -0.4 is 10.5 Å². The molecular formula is C29H48N8O3. The molecule has 2 aromatic rings. The Morgan fingerprint density at radius 3 is 2.38 bits per heavy atom. The molecular weight excluding hydrogens is 508 g/mol. The fourth-order valence-electron chi connectivity index (χ4n) is 6.32. The number of anilines is 1. The van der Waals surface area contributed by atoms with Crippen molar-refractivity contribution in [1.29, 1.82) is 0 Å². The fourth-order valence-corrected chi connectivity index (χ4v) is 6.32. The fraction of sp³-hybridized carbons (Fsp3) is 0.793. The molecule has 1 saturated carbocycles. The monoisotopic (exact) mass is 556 g/mol. The molecule has 0 unspecified atom stereocenters. The lowest BCUT2D eigenvalue weighted by Gasteiger charge is -2.37. The number of nitrogens with zero attached hydrogens (tertiary/aromatic N) is 7. The lowest BCUT2D eigenvalue weighted by atomic mass is 9.89. The van der Waals surface area contributed by atoms with Gasteiger partial charge in [0.05, 0.1) is 25.5 Å². The number of rotatable bonds is 8. The number of hydrogen-bond acceptors (Lipinski definition) is 8. The van der Waals surface area contributed by atoms with Gasteiger partial charge in [0, 0.05) is 71.4 Å². The molecule has 1 N–H and O–H groups in total. The normalized spacial score (nSPS) is 20.4. The van der Waals surface area contributed by atoms with Crippen LogP contribution >= 0.6 is 0 Å². The van der Waals surface area contributed by atoms with E-state index in [1.165, 1.54) is 32.1 Å². The highest BCUT2D eigenvalue weighted by atomic mass is 16.5. The largest absolute Gasteiger partial charge is 0.378 e. The molecule has 0 bridgehead atoms. The Morgan fingerprint density at radius 2 is 1.70 bits per heavy atom. The molecule has 3 aliphatic rings. The third kappa shape index (κ3) is 6.86. The van der Waals surface area contributed by atoms with E-state index in [4.69, 9.17) is 9.72 Å². The summed E-state index contributed by atoms with van der Waals surface area (Å²) in [5.74, 6) is 1.50. The van der Waals surface area contributed by atoms with Crippen molar-refractivity contribution in [3.8, 4) is 0 Å². The predicted octanol–water partition coefficient (Wildman–Crippen LogP) is 1.82. The van der Waals surface area contributed by atoms with E-state index < -0.39 is 0 Å². The van der Waals surface area contributed by atoms with Crippen LogP contribution in [0.2, 0.25) is 0 Å². The first kappa shape index (κ1) is 29.0. The van der Waals surface area contributed by atoms with Gasteiger partial charge in [-0.2, -0.15) is 5.10 Å². The van der Waals surface area contributed by atoms with Gasteiger partial charge in [0.15, 0.2) is 5.52 Å². The van der Waals surface area contributed by atoms with Crippen LogP contribution in [0, 0.1) is 5.92 Å². The van der Waals surface area contributed by atoms with E-state index in [-0.39, 0.29) is 16.9 Å². The molecule has 0 spiro atoms. The average Bonchev–Trinajstić information content (AvgIpc) is 3.30. The number of nitrogens with one attached hydrogen (secondary N) is 1. The third-order valence-corrected chi connectivity index (χ3v) is 8.77. The maximum absolute atomic E-state index is 13.3. The molecule has 11 nitrogen and oxygen atoms in total. The number of H-pyrrole nitrogens is 1. The van der Waals surface area contributed by atoms with E-state index in [0.717, 1.165) is 51.5 Å². The minimum Gasteiger partial charge on any atom is -0.378 e. The summed E-state index contributed by atoms with van der Waals surface area (Å²) >= 11 is 0. The number of morpholine rings is 1. The van der Waals surface area contributed by atoms with Gasteiger partial charge < -0.3 is 14.5 Å². The average molecular weight is 557 g/mol. The van der Waals surface area contributed by atoms with Gasteiger partial charge in [0.25, 0.3) is 5.56 Å². The Labute approximate surface area is 237 Å². The number of fused-ring (bicyclic) bond motifs is 1. The molecule has 3 fully saturated rings. The van der Waals surface area contributed by atoms with Gasteiger partial charge >= 0.3 is 0 Å². The SMILES string of the molecule is Cn1nc(C(C)(C)C)c2nc(N(CCN3CCN(CC(=O)N4CCOCC4)CC3)CC3CCCCC3)[nH]c(=O)c21. The number of carbonyl (C=O) groups is 1. The summed E-state index contributed by atoms with van der Waals surface area (Å²) in [4.78, 5) is 43.1. The molecule has 0 radical (unpaired) electrons. The molecule has 222 valence electrons. The standard InChI is InChI=1S/C29H48N8O3/c1-29(2,3)26-24-25(33(4)32-26)27(39)31-28(30-24)37(20-22-8-6-5-7-9-22)15-14-34-10-12-35(13-11-34)21-23(38)36-16-18-40-19-17-36/h22H,5-21H2,1-4H3,(H,30,31,39). The van der Waals surface area contributed by atoms with Crippen LogP contribution in [0.4, 0.5) is 5.95 Å². The van der Waals surface area contributed by atoms with Gasteiger partial charge in [-0.3, -0.25) is 29.1 Å². The van der Waals surface area contributed by atoms with E-state index in [1.54, 1.807) is 4.68 Å². The van der Waals surface area contributed by atoms with E-state index in [2.05, 4.69) is 45.6 Å². The summed E-state index contributed by atoms with van der Waals surface area (Å²) < 4.78 is 7.05. The Bertz CT molecular complexity index is 1200. The molecule has 4 heterocycles. The molecule has 2 aliphatic heterocycles. The van der Waals surface area contributed by atoms with Gasteiger partial charge in [-0.15, -0.1) is 0 Å². The summed E-state index contributed by atoms with van der Waals surface area (Å²) in [6, 6.07) is 0. The molecule has 2 saturated heterocycles. The Morgan fingerprint density at radius 1 is 1.02 bits per heavy atom. The number of aromatic amines is 1. The Kier molecular flexibility index (Phi) is 9.11. The molecule has 0 aromatic carbocycles. The van der Waals surface area contributed by atoms with Crippen LogP contribution in [0.25, 0.3) is 11.0 Å². The van der Waals surface area contributed by atoms with Gasteiger partial charge in [0.1, 0.15) is 5.52 Å². The maximum atomic E-state index is 13.3. The molecule has 2 aromatic heterocycles. The summed E-state index contributed by atoms with van der Waals surface area (Å²) in [6.45, 7) is 15.8. The first-order valence-electron chi connectivity index (χ1n) is 15.2. The molecule has 1 aliphatic carbocycles. The lowest BCUT2D eigenvalue weighted by Crippen LogP contribution is -2.52. The zero-order valence-electron chi connectivity index (χ0n) is 25.0. The lowest BCUT2D eigenvalue weighted by molar-refractivity contribution is -0.136. The molecule has 40 heavy (non-hydrogen) atoms. The number of aromatic nitrogens is 4. The zero-order chi connectivity index (χ0) is 28.3. The highest BCUT2D eigenvalue weighted by Gasteiger charge is 2.28. The number of carbonyl (C=O) groups excluding carboxylic acids is 1. The summed E-state index contributed by atoms with van der Waals surface area (Å²) in [5, 5.41) is 4.68. The predicted molar refractivity (Wildman–Crippen MR) is 157 cm³/mol. The van der Waals surface area contributed by atoms with Crippen molar-refractivity contribution in [1.82, 2.24) is 34.4 Å². The topological polar surface area (TPSA) is 103 Å². The molecule has 0 atom stereocenters. The van der Waals surface area contributed by atoms with E-state index in [9.17, 15) is 9.59 Å². The smallest absolute Gasteiger partial charge is 0.278 e. The number of ether oxygens (including phenoxy) is 1. The molecule has 1 amide bonds. The van der Waals surface area contributed by atoms with Crippen molar-refractivity contribution >= 4 is 22.9 Å². The van der Waals surface area contributed by atoms with Gasteiger partial charge in [-0.1, -0.05) is 40.0 Å². The zero-order valence-corrected chi connectivity index (χ0v) is 25.0.